The molecule has 1 fully saturated rings. The summed E-state index contributed by atoms with van der Waals surface area (Å²) in [5, 5.41) is 14.4. The number of amides is 1. The molecule has 6 heteroatoms. The molecule has 102 valence electrons. The number of oxime groups is 1. The van der Waals surface area contributed by atoms with E-state index in [1.54, 1.807) is 7.11 Å². The van der Waals surface area contributed by atoms with E-state index >= 15 is 0 Å². The molecule has 1 amide bonds. The maximum atomic E-state index is 12.1. The lowest BCUT2D eigenvalue weighted by molar-refractivity contribution is -0.124. The zero-order valence-electron chi connectivity index (χ0n) is 10.7. The highest BCUT2D eigenvalue weighted by Gasteiger charge is 2.54. The molecule has 0 bridgehead atoms. The Morgan fingerprint density at radius 2 is 2.21 bits per heavy atom. The molecule has 19 heavy (non-hydrogen) atoms. The molecule has 0 aliphatic heterocycles. The average molecular weight is 263 g/mol. The third-order valence-electron chi connectivity index (χ3n) is 3.41. The van der Waals surface area contributed by atoms with Gasteiger partial charge in [-0.15, -0.1) is 0 Å². The topological polar surface area (TPSA) is 96.9 Å². The number of carbonyl (C=O) groups is 1. The van der Waals surface area contributed by atoms with E-state index < -0.39 is 5.41 Å². The number of carbonyl (C=O) groups excluding carboxylic acids is 1. The zero-order valence-corrected chi connectivity index (χ0v) is 10.7. The van der Waals surface area contributed by atoms with Crippen molar-refractivity contribution in [2.75, 3.05) is 7.11 Å². The summed E-state index contributed by atoms with van der Waals surface area (Å²) < 4.78 is 5.21. The van der Waals surface area contributed by atoms with E-state index in [9.17, 15) is 4.79 Å². The minimum atomic E-state index is -0.823. The van der Waals surface area contributed by atoms with Crippen LogP contribution < -0.4 is 15.8 Å². The van der Waals surface area contributed by atoms with Crippen LogP contribution in [0.25, 0.3) is 0 Å². The SMILES string of the molecule is COc1ccccc1CNC(=O)C1(/C(N)=N/O)CC1. The molecule has 1 aromatic carbocycles. The van der Waals surface area contributed by atoms with Crippen LogP contribution in [0.2, 0.25) is 0 Å². The number of ether oxygens (including phenoxy) is 1. The lowest BCUT2D eigenvalue weighted by atomic mass is 10.1. The number of nitrogens with zero attached hydrogens (tertiary/aromatic N) is 1. The van der Waals surface area contributed by atoms with Crippen molar-refractivity contribution in [3.63, 3.8) is 0 Å². The van der Waals surface area contributed by atoms with E-state index in [0.717, 1.165) is 11.3 Å². The fourth-order valence-electron chi connectivity index (χ4n) is 2.01. The van der Waals surface area contributed by atoms with Crippen molar-refractivity contribution in [3.05, 3.63) is 29.8 Å². The monoisotopic (exact) mass is 263 g/mol. The van der Waals surface area contributed by atoms with Crippen molar-refractivity contribution in [3.8, 4) is 5.75 Å². The molecule has 0 atom stereocenters. The van der Waals surface area contributed by atoms with Crippen LogP contribution in [0.15, 0.2) is 29.4 Å². The van der Waals surface area contributed by atoms with Crippen molar-refractivity contribution in [1.82, 2.24) is 5.32 Å². The molecule has 4 N–H and O–H groups in total. The Hall–Kier alpha value is -2.24. The van der Waals surface area contributed by atoms with Gasteiger partial charge in [0.2, 0.25) is 5.91 Å². The molecule has 0 spiro atoms. The number of amidine groups is 1. The molecule has 6 nitrogen and oxygen atoms in total. The minimum absolute atomic E-state index is 0.0231. The standard InChI is InChI=1S/C13H17N3O3/c1-19-10-5-3-2-4-9(10)8-15-12(17)13(6-7-13)11(14)16-18/h2-5,18H,6-8H2,1H3,(H2,14,16)(H,15,17). The van der Waals surface area contributed by atoms with Crippen LogP contribution in [-0.4, -0.2) is 24.1 Å². The number of benzene rings is 1. The Bertz CT molecular complexity index is 510. The lowest BCUT2D eigenvalue weighted by Crippen LogP contribution is -2.40. The van der Waals surface area contributed by atoms with Gasteiger partial charge in [-0.3, -0.25) is 4.79 Å². The van der Waals surface area contributed by atoms with E-state index in [1.807, 2.05) is 24.3 Å². The highest BCUT2D eigenvalue weighted by molar-refractivity contribution is 6.09. The second kappa shape index (κ2) is 5.17. The first-order valence-corrected chi connectivity index (χ1v) is 6.02. The number of rotatable bonds is 5. The normalized spacial score (nSPS) is 16.8. The van der Waals surface area contributed by atoms with E-state index in [0.29, 0.717) is 19.4 Å². The Morgan fingerprint density at radius 1 is 1.53 bits per heavy atom. The first-order chi connectivity index (χ1) is 9.14. The van der Waals surface area contributed by atoms with Gasteiger partial charge in [-0.25, -0.2) is 0 Å². The molecule has 1 aromatic rings. The number of nitrogens with one attached hydrogen (secondary N) is 1. The molecule has 0 unspecified atom stereocenters. The van der Waals surface area contributed by atoms with Gasteiger partial charge in [-0.1, -0.05) is 23.4 Å². The second-order valence-corrected chi connectivity index (χ2v) is 4.56. The summed E-state index contributed by atoms with van der Waals surface area (Å²) in [4.78, 5) is 12.1. The van der Waals surface area contributed by atoms with Crippen LogP contribution >= 0.6 is 0 Å². The summed E-state index contributed by atoms with van der Waals surface area (Å²) >= 11 is 0. The molecule has 0 heterocycles. The van der Waals surface area contributed by atoms with Gasteiger partial charge in [0.15, 0.2) is 5.84 Å². The molecule has 1 aliphatic rings. The van der Waals surface area contributed by atoms with Gasteiger partial charge in [0.05, 0.1) is 7.11 Å². The smallest absolute Gasteiger partial charge is 0.234 e. The van der Waals surface area contributed by atoms with Gasteiger partial charge in [0.1, 0.15) is 11.2 Å². The summed E-state index contributed by atoms with van der Waals surface area (Å²) in [5.74, 6) is 0.482. The third kappa shape index (κ3) is 2.47. The number of hydrogen-bond donors (Lipinski definition) is 3. The summed E-state index contributed by atoms with van der Waals surface area (Å²) in [5.41, 5.74) is 5.61. The van der Waals surface area contributed by atoms with E-state index in [1.165, 1.54) is 0 Å². The number of hydrogen-bond acceptors (Lipinski definition) is 4. The quantitative estimate of drug-likeness (QED) is 0.317. The Labute approximate surface area is 111 Å². The van der Waals surface area contributed by atoms with Gasteiger partial charge in [-0.2, -0.15) is 0 Å². The summed E-state index contributed by atoms with van der Waals surface area (Å²) in [6, 6.07) is 7.45. The molecule has 0 aromatic heterocycles. The van der Waals surface area contributed by atoms with E-state index in [-0.39, 0.29) is 11.7 Å². The zero-order chi connectivity index (χ0) is 13.9. The number of nitrogens with two attached hydrogens (primary N) is 1. The van der Waals surface area contributed by atoms with Crippen LogP contribution in [0, 0.1) is 5.41 Å². The molecule has 1 saturated carbocycles. The van der Waals surface area contributed by atoms with Crippen molar-refractivity contribution in [2.24, 2.45) is 16.3 Å². The van der Waals surface area contributed by atoms with Crippen LogP contribution in [0.3, 0.4) is 0 Å². The number of methoxy groups -OCH3 is 1. The fourth-order valence-corrected chi connectivity index (χ4v) is 2.01. The number of para-hydroxylation sites is 1. The predicted molar refractivity (Wildman–Crippen MR) is 69.9 cm³/mol. The second-order valence-electron chi connectivity index (χ2n) is 4.56. The third-order valence-corrected chi connectivity index (χ3v) is 3.41. The van der Waals surface area contributed by atoms with Crippen molar-refractivity contribution in [2.45, 2.75) is 19.4 Å². The van der Waals surface area contributed by atoms with Crippen molar-refractivity contribution < 1.29 is 14.7 Å². The summed E-state index contributed by atoms with van der Waals surface area (Å²) in [7, 11) is 1.58. The summed E-state index contributed by atoms with van der Waals surface area (Å²) in [6.07, 6.45) is 1.22. The highest BCUT2D eigenvalue weighted by atomic mass is 16.5. The van der Waals surface area contributed by atoms with Crippen LogP contribution in [-0.2, 0) is 11.3 Å². The fraction of sp³-hybridized carbons (Fsp3) is 0.385. The molecule has 0 radical (unpaired) electrons. The predicted octanol–water partition coefficient (Wildman–Crippen LogP) is 0.838. The van der Waals surface area contributed by atoms with Gasteiger partial charge in [-0.05, 0) is 18.9 Å². The minimum Gasteiger partial charge on any atom is -0.496 e. The van der Waals surface area contributed by atoms with Crippen LogP contribution in [0.4, 0.5) is 0 Å². The Kier molecular flexibility index (Phi) is 3.59. The van der Waals surface area contributed by atoms with E-state index in [2.05, 4.69) is 10.5 Å². The largest absolute Gasteiger partial charge is 0.496 e. The summed E-state index contributed by atoms with van der Waals surface area (Å²) in [6.45, 7) is 0.351. The van der Waals surface area contributed by atoms with Gasteiger partial charge in [0, 0.05) is 12.1 Å². The van der Waals surface area contributed by atoms with Crippen LogP contribution in [0.1, 0.15) is 18.4 Å². The average Bonchev–Trinajstić information content (AvgIpc) is 3.25. The lowest BCUT2D eigenvalue weighted by Gasteiger charge is -2.14. The molecular weight excluding hydrogens is 246 g/mol. The van der Waals surface area contributed by atoms with E-state index in [4.69, 9.17) is 15.7 Å². The van der Waals surface area contributed by atoms with Crippen molar-refractivity contribution >= 4 is 11.7 Å². The first-order valence-electron chi connectivity index (χ1n) is 6.02. The molecule has 1 aliphatic carbocycles. The van der Waals surface area contributed by atoms with Crippen molar-refractivity contribution in [1.29, 1.82) is 0 Å². The Morgan fingerprint density at radius 3 is 2.79 bits per heavy atom. The highest BCUT2D eigenvalue weighted by Crippen LogP contribution is 2.46. The maximum absolute atomic E-state index is 12.1. The molecule has 2 rings (SSSR count). The van der Waals surface area contributed by atoms with Gasteiger partial charge >= 0.3 is 0 Å². The molecule has 0 saturated heterocycles. The van der Waals surface area contributed by atoms with Gasteiger partial charge in [0.25, 0.3) is 0 Å². The van der Waals surface area contributed by atoms with Crippen LogP contribution in [0.5, 0.6) is 5.75 Å². The first kappa shape index (κ1) is 13.2. The Balaban J connectivity index is 2.02. The maximum Gasteiger partial charge on any atom is 0.234 e. The molecular formula is C13H17N3O3. The van der Waals surface area contributed by atoms with Gasteiger partial charge < -0.3 is 21.0 Å².